The molecule has 5 rings (SSSR count). The molecule has 0 bridgehead atoms. The highest BCUT2D eigenvalue weighted by Gasteiger charge is 2.65. The first-order chi connectivity index (χ1) is 21.8. The molecule has 0 spiro atoms. The molecular weight excluding hydrogens is 601 g/mol. The number of halogens is 3. The van der Waals surface area contributed by atoms with E-state index in [0.717, 1.165) is 44.8 Å². The Hall–Kier alpha value is -2.67. The first-order valence-electron chi connectivity index (χ1n) is 17.3. The van der Waals surface area contributed by atoms with Crippen LogP contribution in [0.4, 0.5) is 13.2 Å². The van der Waals surface area contributed by atoms with Gasteiger partial charge in [-0.25, -0.2) is 4.79 Å². The number of carbonyl (C=O) groups excluding carboxylic acids is 2. The standard InChI is InChI=1S/C40H53F3O4/c1-25(2)23-28(47-34(45)39(46-9,40(41,42)43)27-13-11-10-12-14-27)24-26(3)29-17-21-38(8)31-15-16-32-35(4,5)33(44)19-20-36(32,6)30(31)18-22-37(29,38)7/h10-15,18,23,26,28-29,32H,16-17,19-22,24H2,1-9H3/t26-,28+,29-,32-,36+,37-,38+,39+/m0/s1. The predicted octanol–water partition coefficient (Wildman–Crippen LogP) is 10.1. The second-order valence-electron chi connectivity index (χ2n) is 16.3. The molecule has 258 valence electrons. The van der Waals surface area contributed by atoms with Crippen molar-refractivity contribution in [3.63, 3.8) is 0 Å². The largest absolute Gasteiger partial charge is 0.455 e. The van der Waals surface area contributed by atoms with E-state index in [9.17, 15) is 22.8 Å². The van der Waals surface area contributed by atoms with Crippen LogP contribution in [0.1, 0.15) is 106 Å². The van der Waals surface area contributed by atoms with E-state index >= 15 is 0 Å². The minimum atomic E-state index is -5.03. The number of methoxy groups -OCH3 is 1. The third-order valence-corrected chi connectivity index (χ3v) is 13.3. The van der Waals surface area contributed by atoms with Crippen LogP contribution in [0.5, 0.6) is 0 Å². The molecule has 7 heteroatoms. The Labute approximate surface area is 279 Å². The van der Waals surface area contributed by atoms with Gasteiger partial charge < -0.3 is 9.47 Å². The highest BCUT2D eigenvalue weighted by molar-refractivity contribution is 5.86. The lowest BCUT2D eigenvalue weighted by Crippen LogP contribution is -2.53. The van der Waals surface area contributed by atoms with Gasteiger partial charge in [0.25, 0.3) is 5.60 Å². The molecule has 2 fully saturated rings. The zero-order valence-electron chi connectivity index (χ0n) is 29.6. The van der Waals surface area contributed by atoms with Gasteiger partial charge in [-0.1, -0.05) is 89.6 Å². The zero-order valence-corrected chi connectivity index (χ0v) is 29.6. The molecule has 8 atom stereocenters. The number of allylic oxidation sites excluding steroid dienone is 5. The van der Waals surface area contributed by atoms with Crippen molar-refractivity contribution in [3.05, 3.63) is 70.8 Å². The predicted molar refractivity (Wildman–Crippen MR) is 178 cm³/mol. The van der Waals surface area contributed by atoms with Crippen molar-refractivity contribution < 1.29 is 32.2 Å². The number of hydrogen-bond acceptors (Lipinski definition) is 4. The number of hydrogen-bond donors (Lipinski definition) is 0. The molecule has 1 aromatic carbocycles. The summed E-state index contributed by atoms with van der Waals surface area (Å²) in [6, 6.07) is 7.00. The van der Waals surface area contributed by atoms with E-state index in [4.69, 9.17) is 9.47 Å². The van der Waals surface area contributed by atoms with E-state index in [1.807, 2.05) is 13.8 Å². The molecule has 0 N–H and O–H groups in total. The lowest BCUT2D eigenvalue weighted by Gasteiger charge is -2.59. The number of fused-ring (bicyclic) bond motifs is 5. The molecule has 0 saturated heterocycles. The van der Waals surface area contributed by atoms with Gasteiger partial charge in [0, 0.05) is 24.5 Å². The summed E-state index contributed by atoms with van der Waals surface area (Å²) in [7, 11) is 0.903. The average molecular weight is 655 g/mol. The number of Topliss-reactive ketones (excluding diaryl/α,β-unsaturated/α-hetero) is 1. The maximum atomic E-state index is 14.7. The zero-order chi connectivity index (χ0) is 34.8. The van der Waals surface area contributed by atoms with Crippen LogP contribution in [0.2, 0.25) is 0 Å². The summed E-state index contributed by atoms with van der Waals surface area (Å²) in [5, 5.41) is 0. The fourth-order valence-electron chi connectivity index (χ4n) is 10.4. The van der Waals surface area contributed by atoms with E-state index in [0.29, 0.717) is 18.6 Å². The summed E-state index contributed by atoms with van der Waals surface area (Å²) in [5.74, 6) is -0.459. The van der Waals surface area contributed by atoms with Gasteiger partial charge in [-0.3, -0.25) is 4.79 Å². The van der Waals surface area contributed by atoms with Crippen molar-refractivity contribution in [2.75, 3.05) is 7.11 Å². The van der Waals surface area contributed by atoms with Gasteiger partial charge in [0.05, 0.1) is 0 Å². The molecule has 4 aliphatic carbocycles. The van der Waals surface area contributed by atoms with Gasteiger partial charge in [-0.15, -0.1) is 0 Å². The molecule has 1 aromatic rings. The number of carbonyl (C=O) groups is 2. The number of ether oxygens (including phenoxy) is 2. The Balaban J connectivity index is 1.42. The maximum Gasteiger partial charge on any atom is 0.432 e. The van der Waals surface area contributed by atoms with Gasteiger partial charge in [0.2, 0.25) is 0 Å². The highest BCUT2D eigenvalue weighted by Crippen LogP contribution is 2.71. The second-order valence-corrected chi connectivity index (χ2v) is 16.3. The topological polar surface area (TPSA) is 52.6 Å². The summed E-state index contributed by atoms with van der Waals surface area (Å²) in [4.78, 5) is 26.6. The van der Waals surface area contributed by atoms with Crippen LogP contribution in [-0.4, -0.2) is 31.1 Å². The van der Waals surface area contributed by atoms with E-state index in [1.54, 1.807) is 12.1 Å². The smallest absolute Gasteiger partial charge is 0.432 e. The van der Waals surface area contributed by atoms with Crippen molar-refractivity contribution in [3.8, 4) is 0 Å². The maximum absolute atomic E-state index is 14.7. The van der Waals surface area contributed by atoms with Crippen LogP contribution in [-0.2, 0) is 24.7 Å². The minimum absolute atomic E-state index is 0.0383. The fourth-order valence-corrected chi connectivity index (χ4v) is 10.4. The van der Waals surface area contributed by atoms with Crippen molar-refractivity contribution in [1.82, 2.24) is 0 Å². The molecule has 47 heavy (non-hydrogen) atoms. The molecule has 0 aliphatic heterocycles. The minimum Gasteiger partial charge on any atom is -0.455 e. The van der Waals surface area contributed by atoms with Gasteiger partial charge in [0.15, 0.2) is 0 Å². The lowest BCUT2D eigenvalue weighted by atomic mass is 9.44. The van der Waals surface area contributed by atoms with Gasteiger partial charge in [-0.2, -0.15) is 13.2 Å². The van der Waals surface area contributed by atoms with Gasteiger partial charge >= 0.3 is 12.1 Å². The molecular formula is C40H53F3O4. The fraction of sp³-hybridized carbons (Fsp3) is 0.650. The molecule has 0 aromatic heterocycles. The Bertz CT molecular complexity index is 1480. The van der Waals surface area contributed by atoms with Crippen LogP contribution < -0.4 is 0 Å². The Morgan fingerprint density at radius 3 is 2.28 bits per heavy atom. The van der Waals surface area contributed by atoms with Crippen molar-refractivity contribution in [1.29, 1.82) is 0 Å². The SMILES string of the molecule is CO[C@@](C(=O)O[C@H](C=C(C)C)C[C@H](C)[C@@H]1CC[C@]2(C)C3=CC[C@H]4C(C)(C)C(=O)CC[C@]4(C)C3=CC[C@@]12C)(c1ccccc1)C(F)(F)F. The van der Waals surface area contributed by atoms with E-state index < -0.39 is 23.9 Å². The normalized spacial score (nSPS) is 34.0. The number of alkyl halides is 3. The molecule has 4 aliphatic rings. The van der Waals surface area contributed by atoms with E-state index in [1.165, 1.54) is 35.4 Å². The third-order valence-electron chi connectivity index (χ3n) is 13.3. The number of ketones is 1. The molecule has 0 amide bonds. The van der Waals surface area contributed by atoms with Crippen molar-refractivity contribution in [2.24, 2.45) is 39.4 Å². The molecule has 0 radical (unpaired) electrons. The van der Waals surface area contributed by atoms with Crippen LogP contribution in [0.3, 0.4) is 0 Å². The van der Waals surface area contributed by atoms with E-state index in [2.05, 4.69) is 53.7 Å². The molecule has 0 unspecified atom stereocenters. The first-order valence-corrected chi connectivity index (χ1v) is 17.3. The molecule has 4 nitrogen and oxygen atoms in total. The van der Waals surface area contributed by atoms with Crippen LogP contribution in [0.15, 0.2) is 65.3 Å². The Morgan fingerprint density at radius 2 is 1.68 bits per heavy atom. The second kappa shape index (κ2) is 12.0. The van der Waals surface area contributed by atoms with Crippen molar-refractivity contribution in [2.45, 2.75) is 118 Å². The molecule has 0 heterocycles. The summed E-state index contributed by atoms with van der Waals surface area (Å²) in [6.07, 6.45) is 6.50. The monoisotopic (exact) mass is 654 g/mol. The lowest BCUT2D eigenvalue weighted by molar-refractivity contribution is -0.277. The van der Waals surface area contributed by atoms with Crippen molar-refractivity contribution >= 4 is 11.8 Å². The number of benzene rings is 1. The summed E-state index contributed by atoms with van der Waals surface area (Å²) in [6.45, 7) is 17.3. The summed E-state index contributed by atoms with van der Waals surface area (Å²) >= 11 is 0. The quantitative estimate of drug-likeness (QED) is 0.207. The van der Waals surface area contributed by atoms with Gasteiger partial charge in [0.1, 0.15) is 11.9 Å². The highest BCUT2D eigenvalue weighted by atomic mass is 19.4. The summed E-state index contributed by atoms with van der Waals surface area (Å²) < 4.78 is 54.8. The average Bonchev–Trinajstić information content (AvgIpc) is 3.26. The third kappa shape index (κ3) is 5.38. The van der Waals surface area contributed by atoms with Crippen LogP contribution in [0.25, 0.3) is 0 Å². The number of esters is 1. The summed E-state index contributed by atoms with van der Waals surface area (Å²) in [5.41, 5.74) is -0.329. The van der Waals surface area contributed by atoms with Gasteiger partial charge in [-0.05, 0) is 104 Å². The van der Waals surface area contributed by atoms with E-state index in [-0.39, 0.29) is 45.0 Å². The number of rotatable bonds is 8. The Morgan fingerprint density at radius 1 is 1.02 bits per heavy atom. The van der Waals surface area contributed by atoms with Crippen LogP contribution in [0, 0.1) is 39.4 Å². The first kappa shape index (κ1) is 35.6. The van der Waals surface area contributed by atoms with Crippen LogP contribution >= 0.6 is 0 Å². The Kier molecular flexibility index (Phi) is 9.12. The molecule has 2 saturated carbocycles.